The summed E-state index contributed by atoms with van der Waals surface area (Å²) in [6, 6.07) is 17.5. The molecule has 0 atom stereocenters. The standard InChI is InChI=1S/C19H19NO3S/c21-18-7-4-12-20(18)19(22)14-24-13-15-8-10-17(11-9-15)23-16-5-2-1-3-6-16/h1-3,5-6,8-11H,4,7,12-14H2. The van der Waals surface area contributed by atoms with Gasteiger partial charge < -0.3 is 4.74 Å². The van der Waals surface area contributed by atoms with E-state index in [-0.39, 0.29) is 11.8 Å². The summed E-state index contributed by atoms with van der Waals surface area (Å²) in [7, 11) is 0. The highest BCUT2D eigenvalue weighted by atomic mass is 32.2. The summed E-state index contributed by atoms with van der Waals surface area (Å²) in [5.41, 5.74) is 1.13. The number of para-hydroxylation sites is 1. The van der Waals surface area contributed by atoms with Gasteiger partial charge in [-0.15, -0.1) is 11.8 Å². The monoisotopic (exact) mass is 341 g/mol. The van der Waals surface area contributed by atoms with Gasteiger partial charge in [0.25, 0.3) is 0 Å². The summed E-state index contributed by atoms with van der Waals surface area (Å²) in [5, 5.41) is 0. The minimum atomic E-state index is -0.0773. The van der Waals surface area contributed by atoms with Crippen LogP contribution in [0.15, 0.2) is 54.6 Å². The zero-order valence-electron chi connectivity index (χ0n) is 13.3. The van der Waals surface area contributed by atoms with Crippen LogP contribution in [-0.4, -0.2) is 29.0 Å². The van der Waals surface area contributed by atoms with Crippen LogP contribution in [0, 0.1) is 0 Å². The summed E-state index contributed by atoms with van der Waals surface area (Å²) < 4.78 is 5.75. The van der Waals surface area contributed by atoms with E-state index in [9.17, 15) is 9.59 Å². The number of hydrogen-bond donors (Lipinski definition) is 0. The lowest BCUT2D eigenvalue weighted by atomic mass is 10.2. The molecule has 0 aromatic heterocycles. The third kappa shape index (κ3) is 4.38. The number of benzene rings is 2. The zero-order valence-corrected chi connectivity index (χ0v) is 14.1. The first kappa shape index (κ1) is 16.6. The Labute approximate surface area is 145 Å². The molecule has 0 spiro atoms. The van der Waals surface area contributed by atoms with Crippen molar-refractivity contribution in [2.45, 2.75) is 18.6 Å². The summed E-state index contributed by atoms with van der Waals surface area (Å²) in [6.45, 7) is 0.573. The molecule has 1 aliphatic rings. The molecule has 0 bridgehead atoms. The molecule has 1 fully saturated rings. The van der Waals surface area contributed by atoms with E-state index < -0.39 is 0 Å². The fourth-order valence-corrected chi connectivity index (χ4v) is 3.38. The van der Waals surface area contributed by atoms with Gasteiger partial charge in [-0.3, -0.25) is 14.5 Å². The normalized spacial score (nSPS) is 14.0. The maximum absolute atomic E-state index is 12.0. The van der Waals surface area contributed by atoms with Gasteiger partial charge >= 0.3 is 0 Å². The van der Waals surface area contributed by atoms with Gasteiger partial charge in [0.1, 0.15) is 11.5 Å². The van der Waals surface area contributed by atoms with Gasteiger partial charge in [0.2, 0.25) is 11.8 Å². The number of hydrogen-bond acceptors (Lipinski definition) is 4. The summed E-state index contributed by atoms with van der Waals surface area (Å²) in [4.78, 5) is 24.9. The number of imide groups is 1. The second-order valence-corrected chi connectivity index (χ2v) is 6.58. The highest BCUT2D eigenvalue weighted by Crippen LogP contribution is 2.23. The van der Waals surface area contributed by atoms with Crippen LogP contribution in [0.2, 0.25) is 0 Å². The van der Waals surface area contributed by atoms with Crippen LogP contribution in [0.25, 0.3) is 0 Å². The lowest BCUT2D eigenvalue weighted by molar-refractivity contribution is -0.140. The van der Waals surface area contributed by atoms with E-state index in [0.717, 1.165) is 29.2 Å². The average molecular weight is 341 g/mol. The Hall–Kier alpha value is -2.27. The maximum Gasteiger partial charge on any atom is 0.239 e. The van der Waals surface area contributed by atoms with Crippen molar-refractivity contribution in [2.75, 3.05) is 12.3 Å². The Balaban J connectivity index is 1.46. The molecule has 0 saturated carbocycles. The minimum Gasteiger partial charge on any atom is -0.457 e. The van der Waals surface area contributed by atoms with E-state index in [1.807, 2.05) is 54.6 Å². The number of carbonyl (C=O) groups excluding carboxylic acids is 2. The average Bonchev–Trinajstić information content (AvgIpc) is 3.03. The molecular weight excluding hydrogens is 322 g/mol. The molecule has 2 aromatic rings. The van der Waals surface area contributed by atoms with E-state index in [4.69, 9.17) is 4.74 Å². The van der Waals surface area contributed by atoms with E-state index in [1.54, 1.807) is 0 Å². The van der Waals surface area contributed by atoms with Crippen molar-refractivity contribution in [3.63, 3.8) is 0 Å². The van der Waals surface area contributed by atoms with Crippen LogP contribution < -0.4 is 4.74 Å². The number of rotatable bonds is 6. The molecule has 3 rings (SSSR count). The van der Waals surface area contributed by atoms with Gasteiger partial charge in [-0.2, -0.15) is 0 Å². The molecule has 1 aliphatic heterocycles. The third-order valence-electron chi connectivity index (χ3n) is 3.77. The number of thioether (sulfide) groups is 1. The van der Waals surface area contributed by atoms with Crippen LogP contribution in [-0.2, 0) is 15.3 Å². The van der Waals surface area contributed by atoms with Gasteiger partial charge in [-0.1, -0.05) is 30.3 Å². The Morgan fingerprint density at radius 2 is 1.75 bits per heavy atom. The van der Waals surface area contributed by atoms with Crippen molar-refractivity contribution >= 4 is 23.6 Å². The molecule has 0 unspecified atom stereocenters. The number of amides is 2. The van der Waals surface area contributed by atoms with Gasteiger partial charge in [0.15, 0.2) is 0 Å². The SMILES string of the molecule is O=C1CCCN1C(=O)CSCc1ccc(Oc2ccccc2)cc1. The van der Waals surface area contributed by atoms with Crippen LogP contribution in [0.5, 0.6) is 11.5 Å². The largest absolute Gasteiger partial charge is 0.457 e. The minimum absolute atomic E-state index is 0.0389. The number of carbonyl (C=O) groups is 2. The molecule has 124 valence electrons. The highest BCUT2D eigenvalue weighted by molar-refractivity contribution is 7.99. The Kier molecular flexibility index (Phi) is 5.54. The van der Waals surface area contributed by atoms with Gasteiger partial charge in [-0.25, -0.2) is 0 Å². The third-order valence-corrected chi connectivity index (χ3v) is 4.76. The molecule has 1 saturated heterocycles. The van der Waals surface area contributed by atoms with Gasteiger partial charge in [-0.05, 0) is 36.2 Å². The molecular formula is C19H19NO3S. The van der Waals surface area contributed by atoms with Crippen molar-refractivity contribution in [1.29, 1.82) is 0 Å². The molecule has 2 aromatic carbocycles. The Bertz CT molecular complexity index is 700. The molecule has 24 heavy (non-hydrogen) atoms. The molecule has 0 aliphatic carbocycles. The van der Waals surface area contributed by atoms with Crippen LogP contribution in [0.1, 0.15) is 18.4 Å². The van der Waals surface area contributed by atoms with E-state index in [2.05, 4.69) is 0 Å². The van der Waals surface area contributed by atoms with Crippen molar-refractivity contribution in [3.05, 3.63) is 60.2 Å². The van der Waals surface area contributed by atoms with Crippen molar-refractivity contribution in [3.8, 4) is 11.5 Å². The number of nitrogens with zero attached hydrogens (tertiary/aromatic N) is 1. The van der Waals surface area contributed by atoms with Crippen LogP contribution >= 0.6 is 11.8 Å². The molecule has 1 heterocycles. The summed E-state index contributed by atoms with van der Waals surface area (Å²) in [5.74, 6) is 2.55. The van der Waals surface area contributed by atoms with Crippen molar-refractivity contribution in [1.82, 2.24) is 4.90 Å². The van der Waals surface area contributed by atoms with Crippen molar-refractivity contribution in [2.24, 2.45) is 0 Å². The van der Waals surface area contributed by atoms with Crippen LogP contribution in [0.4, 0.5) is 0 Å². The topological polar surface area (TPSA) is 46.6 Å². The Morgan fingerprint density at radius 1 is 1.04 bits per heavy atom. The van der Waals surface area contributed by atoms with Crippen LogP contribution in [0.3, 0.4) is 0 Å². The first-order chi connectivity index (χ1) is 11.7. The van der Waals surface area contributed by atoms with E-state index in [0.29, 0.717) is 18.7 Å². The highest BCUT2D eigenvalue weighted by Gasteiger charge is 2.25. The second kappa shape index (κ2) is 8.02. The number of ether oxygens (including phenoxy) is 1. The molecule has 2 amide bonds. The van der Waals surface area contributed by atoms with E-state index >= 15 is 0 Å². The molecule has 5 heteroatoms. The molecule has 0 radical (unpaired) electrons. The molecule has 0 N–H and O–H groups in total. The van der Waals surface area contributed by atoms with Crippen molar-refractivity contribution < 1.29 is 14.3 Å². The zero-order chi connectivity index (χ0) is 16.8. The smallest absolute Gasteiger partial charge is 0.239 e. The maximum atomic E-state index is 12.0. The van der Waals surface area contributed by atoms with Gasteiger partial charge in [0.05, 0.1) is 5.75 Å². The molecule has 4 nitrogen and oxygen atoms in total. The Morgan fingerprint density at radius 3 is 2.42 bits per heavy atom. The van der Waals surface area contributed by atoms with E-state index in [1.165, 1.54) is 16.7 Å². The predicted octanol–water partition coefficient (Wildman–Crippen LogP) is 3.86. The fraction of sp³-hybridized carbons (Fsp3) is 0.263. The number of likely N-dealkylation sites (tertiary alicyclic amines) is 1. The first-order valence-corrected chi connectivity index (χ1v) is 9.10. The van der Waals surface area contributed by atoms with Gasteiger partial charge in [0, 0.05) is 18.7 Å². The first-order valence-electron chi connectivity index (χ1n) is 7.95. The lowest BCUT2D eigenvalue weighted by Gasteiger charge is -2.13. The quantitative estimate of drug-likeness (QED) is 0.800. The lowest BCUT2D eigenvalue weighted by Crippen LogP contribution is -2.33. The summed E-state index contributed by atoms with van der Waals surface area (Å²) in [6.07, 6.45) is 1.29. The summed E-state index contributed by atoms with van der Waals surface area (Å²) >= 11 is 1.53. The second-order valence-electron chi connectivity index (χ2n) is 5.59. The fourth-order valence-electron chi connectivity index (χ4n) is 2.52. The predicted molar refractivity (Wildman–Crippen MR) is 95.1 cm³/mol.